The molecular weight excluding hydrogens is 582 g/mol. The molecule has 0 aliphatic heterocycles. The lowest BCUT2D eigenvalue weighted by Crippen LogP contribution is -2.48. The quantitative estimate of drug-likeness (QED) is 0.0717. The number of alkyl carbamates (subject to hydrolysis) is 2. The van der Waals surface area contributed by atoms with Crippen LogP contribution in [0.1, 0.15) is 66.4 Å². The summed E-state index contributed by atoms with van der Waals surface area (Å²) < 4.78 is 15.3. The molecule has 0 aromatic heterocycles. The molecule has 2 unspecified atom stereocenters. The number of carbonyl (C=O) groups is 4. The molecule has 234 valence electrons. The number of amides is 3. The number of nitrogen functional groups attached to an aromatic ring is 1. The number of nitrogens with two attached hydrogens (primary N) is 1. The second-order valence-corrected chi connectivity index (χ2v) is 14.4. The minimum absolute atomic E-state index is 0.0274. The molecule has 0 heterocycles. The van der Waals surface area contributed by atoms with Crippen LogP contribution in [0.2, 0.25) is 0 Å². The first-order chi connectivity index (χ1) is 19.6. The summed E-state index contributed by atoms with van der Waals surface area (Å²) in [4.78, 5) is 49.9. The number of hydrogen-bond acceptors (Lipinski definition) is 11. The highest BCUT2D eigenvalue weighted by molar-refractivity contribution is 8.77. The number of carbonyl (C=O) groups excluding carboxylic acids is 4. The van der Waals surface area contributed by atoms with E-state index in [-0.39, 0.29) is 30.2 Å². The van der Waals surface area contributed by atoms with Gasteiger partial charge in [-0.15, -0.1) is 0 Å². The molecule has 0 radical (unpaired) electrons. The molecule has 1 aromatic carbocycles. The van der Waals surface area contributed by atoms with Gasteiger partial charge in [-0.1, -0.05) is 54.5 Å². The predicted molar refractivity (Wildman–Crippen MR) is 164 cm³/mol. The van der Waals surface area contributed by atoms with Crippen LogP contribution in [0.15, 0.2) is 24.3 Å². The van der Waals surface area contributed by atoms with E-state index in [2.05, 4.69) is 36.7 Å². The highest BCUT2D eigenvalue weighted by Gasteiger charge is 2.26. The van der Waals surface area contributed by atoms with Crippen molar-refractivity contribution in [1.29, 1.82) is 5.26 Å². The summed E-state index contributed by atoms with van der Waals surface area (Å²) in [5, 5.41) is 16.6. The number of anilines is 1. The number of hydrogen-bond donors (Lipinski definition) is 4. The summed E-state index contributed by atoms with van der Waals surface area (Å²) in [6.45, 7) is 11.1. The Hall–Kier alpha value is -3.31. The zero-order valence-corrected chi connectivity index (χ0v) is 26.7. The second-order valence-electron chi connectivity index (χ2n) is 11.2. The first-order valence-corrected chi connectivity index (χ1v) is 15.8. The van der Waals surface area contributed by atoms with Crippen LogP contribution in [0.3, 0.4) is 0 Å². The number of nitrogens with one attached hydrogen (secondary N) is 3. The summed E-state index contributed by atoms with van der Waals surface area (Å²) in [6, 6.07) is 6.77. The van der Waals surface area contributed by atoms with Gasteiger partial charge in [0.2, 0.25) is 5.91 Å². The van der Waals surface area contributed by atoms with Crippen molar-refractivity contribution in [3.8, 4) is 6.07 Å². The van der Waals surface area contributed by atoms with E-state index >= 15 is 0 Å². The van der Waals surface area contributed by atoms with E-state index in [4.69, 9.17) is 25.2 Å². The Kier molecular flexibility index (Phi) is 16.0. The molecule has 1 rings (SSSR count). The van der Waals surface area contributed by atoms with Crippen LogP contribution in [0.4, 0.5) is 15.3 Å². The Bertz CT molecular complexity index is 1070. The molecule has 12 nitrogen and oxygen atoms in total. The van der Waals surface area contributed by atoms with Gasteiger partial charge in [0.25, 0.3) is 0 Å². The van der Waals surface area contributed by atoms with E-state index < -0.39 is 42.4 Å². The Morgan fingerprint density at radius 3 is 2.19 bits per heavy atom. The smallest absolute Gasteiger partial charge is 0.408 e. The largest absolute Gasteiger partial charge is 0.449 e. The standard InChI is InChI=1S/C28H43N5O7S2/c1-27(2,3)40-26(37)32-21(24(35)38-16-14-29)9-7-8-15-31-23(34)22(18-41-42-28(4,5)6)33-25(36)39-17-19-10-12-20(30)13-11-19/h10-13,21-22H,7-9,15-18,30H2,1-6H3,(H,31,34)(H,32,37)(H,33,36). The third kappa shape index (κ3) is 17.5. The summed E-state index contributed by atoms with van der Waals surface area (Å²) >= 11 is 0. The molecule has 0 aliphatic carbocycles. The third-order valence-electron chi connectivity index (χ3n) is 4.98. The Labute approximate surface area is 255 Å². The SMILES string of the molecule is CC(C)(C)OC(=O)NC(CCCCNC(=O)C(CSSC(C)(C)C)NC(=O)OCc1ccc(N)cc1)C(=O)OCC#N. The van der Waals surface area contributed by atoms with Gasteiger partial charge in [-0.25, -0.2) is 14.4 Å². The molecule has 1 aromatic rings. The second kappa shape index (κ2) is 18.3. The number of rotatable bonds is 15. The molecule has 0 bridgehead atoms. The van der Waals surface area contributed by atoms with Crippen LogP contribution < -0.4 is 21.7 Å². The average molecular weight is 626 g/mol. The molecule has 0 spiro atoms. The number of ether oxygens (including phenoxy) is 3. The van der Waals surface area contributed by atoms with E-state index in [1.165, 1.54) is 10.8 Å². The van der Waals surface area contributed by atoms with Crippen molar-refractivity contribution in [2.24, 2.45) is 0 Å². The normalized spacial score (nSPS) is 12.7. The number of nitrogens with zero attached hydrogens (tertiary/aromatic N) is 1. The maximum atomic E-state index is 13.0. The Morgan fingerprint density at radius 2 is 1.60 bits per heavy atom. The first-order valence-electron chi connectivity index (χ1n) is 13.5. The lowest BCUT2D eigenvalue weighted by atomic mass is 10.1. The molecule has 42 heavy (non-hydrogen) atoms. The summed E-state index contributed by atoms with van der Waals surface area (Å²) in [6.07, 6.45) is -0.380. The van der Waals surface area contributed by atoms with Gasteiger partial charge >= 0.3 is 18.2 Å². The van der Waals surface area contributed by atoms with Crippen LogP contribution in [-0.2, 0) is 30.4 Å². The van der Waals surface area contributed by atoms with E-state index in [0.717, 1.165) is 5.56 Å². The summed E-state index contributed by atoms with van der Waals surface area (Å²) in [5.74, 6) is -0.808. The maximum absolute atomic E-state index is 13.0. The molecule has 3 amide bonds. The van der Waals surface area contributed by atoms with Gasteiger partial charge in [-0.3, -0.25) is 4.79 Å². The van der Waals surface area contributed by atoms with Gasteiger partial charge in [0.05, 0.1) is 0 Å². The highest BCUT2D eigenvalue weighted by Crippen LogP contribution is 2.35. The van der Waals surface area contributed by atoms with Crippen LogP contribution in [0.5, 0.6) is 0 Å². The van der Waals surface area contributed by atoms with Crippen molar-refractivity contribution < 1.29 is 33.4 Å². The fourth-order valence-electron chi connectivity index (χ4n) is 3.12. The first kappa shape index (κ1) is 36.7. The van der Waals surface area contributed by atoms with Gasteiger partial charge in [0.15, 0.2) is 6.61 Å². The van der Waals surface area contributed by atoms with E-state index in [0.29, 0.717) is 24.3 Å². The van der Waals surface area contributed by atoms with Gasteiger partial charge in [0.1, 0.15) is 30.4 Å². The zero-order valence-electron chi connectivity index (χ0n) is 25.1. The van der Waals surface area contributed by atoms with Gasteiger partial charge in [0, 0.05) is 22.7 Å². The molecule has 5 N–H and O–H groups in total. The van der Waals surface area contributed by atoms with Crippen molar-refractivity contribution >= 4 is 51.3 Å². The fraction of sp³-hybridized carbons (Fsp3) is 0.607. The van der Waals surface area contributed by atoms with Gasteiger partial charge < -0.3 is 35.9 Å². The maximum Gasteiger partial charge on any atom is 0.408 e. The number of nitriles is 1. The van der Waals surface area contributed by atoms with Crippen molar-refractivity contribution in [2.75, 3.05) is 24.6 Å². The minimum Gasteiger partial charge on any atom is -0.449 e. The summed E-state index contributed by atoms with van der Waals surface area (Å²) in [7, 11) is 3.06. The van der Waals surface area contributed by atoms with Crippen molar-refractivity contribution in [2.45, 2.75) is 89.8 Å². The minimum atomic E-state index is -1.01. The molecule has 0 saturated heterocycles. The van der Waals surface area contributed by atoms with Crippen molar-refractivity contribution in [3.63, 3.8) is 0 Å². The molecule has 0 fully saturated rings. The summed E-state index contributed by atoms with van der Waals surface area (Å²) in [5.41, 5.74) is 6.28. The number of unbranched alkanes of at least 4 members (excludes halogenated alkanes) is 1. The zero-order chi connectivity index (χ0) is 31.8. The van der Waals surface area contributed by atoms with Crippen LogP contribution in [0, 0.1) is 11.3 Å². The van der Waals surface area contributed by atoms with Crippen molar-refractivity contribution in [3.05, 3.63) is 29.8 Å². The van der Waals surface area contributed by atoms with Crippen LogP contribution in [-0.4, -0.2) is 65.4 Å². The predicted octanol–water partition coefficient (Wildman–Crippen LogP) is 4.29. The molecular formula is C28H43N5O7S2. The Morgan fingerprint density at radius 1 is 0.952 bits per heavy atom. The number of esters is 1. The topological polar surface area (TPSA) is 182 Å². The third-order valence-corrected chi connectivity index (χ3v) is 8.32. The number of benzene rings is 1. The lowest BCUT2D eigenvalue weighted by Gasteiger charge is -2.23. The fourth-order valence-corrected chi connectivity index (χ4v) is 5.58. The van der Waals surface area contributed by atoms with Crippen LogP contribution >= 0.6 is 21.6 Å². The van der Waals surface area contributed by atoms with E-state index in [1.807, 2.05) is 0 Å². The average Bonchev–Trinajstić information content (AvgIpc) is 2.88. The van der Waals surface area contributed by atoms with E-state index in [1.54, 1.807) is 61.9 Å². The van der Waals surface area contributed by atoms with E-state index in [9.17, 15) is 19.2 Å². The molecule has 0 saturated carbocycles. The Balaban J connectivity index is 2.65. The van der Waals surface area contributed by atoms with Crippen molar-refractivity contribution in [1.82, 2.24) is 16.0 Å². The molecule has 2 atom stereocenters. The highest BCUT2D eigenvalue weighted by atomic mass is 33.1. The van der Waals surface area contributed by atoms with Crippen LogP contribution in [0.25, 0.3) is 0 Å². The molecule has 0 aliphatic rings. The van der Waals surface area contributed by atoms with Gasteiger partial charge in [-0.05, 0) is 57.7 Å². The monoisotopic (exact) mass is 625 g/mol. The molecule has 14 heteroatoms. The van der Waals surface area contributed by atoms with Gasteiger partial charge in [-0.2, -0.15) is 5.26 Å². The lowest BCUT2D eigenvalue weighted by molar-refractivity contribution is -0.145.